The molecule has 29 heavy (non-hydrogen) atoms. The second kappa shape index (κ2) is 14.7. The summed E-state index contributed by atoms with van der Waals surface area (Å²) < 4.78 is 21.9. The molecule has 0 aromatic carbocycles. The van der Waals surface area contributed by atoms with Crippen LogP contribution in [-0.2, 0) is 13.6 Å². The van der Waals surface area contributed by atoms with Gasteiger partial charge in [0.2, 0.25) is 0 Å². The minimum Gasteiger partial charge on any atom is -0.393 e. The molecule has 172 valence electrons. The van der Waals surface area contributed by atoms with Gasteiger partial charge in [-0.05, 0) is 25.2 Å². The zero-order valence-corrected chi connectivity index (χ0v) is 19.4. The molecular weight excluding hydrogens is 391 g/mol. The van der Waals surface area contributed by atoms with Crippen molar-refractivity contribution in [3.8, 4) is 0 Å². The summed E-state index contributed by atoms with van der Waals surface area (Å²) in [5.74, 6) is -0.0357. The Hall–Kier alpha value is -0.230. The average Bonchev–Trinajstić information content (AvgIpc) is 2.98. The smallest absolute Gasteiger partial charge is 0.330 e. The van der Waals surface area contributed by atoms with E-state index in [2.05, 4.69) is 6.92 Å². The Morgan fingerprint density at radius 1 is 1.00 bits per heavy atom. The molecule has 6 nitrogen and oxygen atoms in total. The normalized spacial score (nSPS) is 26.4. The molecule has 1 fully saturated rings. The Balaban J connectivity index is 2.32. The molecule has 3 N–H and O–H groups in total. The monoisotopic (exact) mass is 434 g/mol. The molecular formula is C22H43O6P. The van der Waals surface area contributed by atoms with E-state index in [9.17, 15) is 19.9 Å². The van der Waals surface area contributed by atoms with Gasteiger partial charge in [0.15, 0.2) is 0 Å². The molecule has 1 rings (SSSR count). The molecule has 0 unspecified atom stereocenters. The molecule has 0 amide bonds. The van der Waals surface area contributed by atoms with Crippen molar-refractivity contribution in [2.45, 2.75) is 95.9 Å². The van der Waals surface area contributed by atoms with Gasteiger partial charge in [0, 0.05) is 26.6 Å². The third-order valence-corrected chi connectivity index (χ3v) is 8.08. The van der Waals surface area contributed by atoms with Crippen molar-refractivity contribution in [2.75, 3.05) is 20.4 Å². The van der Waals surface area contributed by atoms with E-state index in [1.165, 1.54) is 14.2 Å². The number of rotatable bonds is 16. The molecule has 0 saturated heterocycles. The molecule has 1 aliphatic carbocycles. The lowest BCUT2D eigenvalue weighted by Gasteiger charge is -2.21. The highest BCUT2D eigenvalue weighted by molar-refractivity contribution is 7.53. The van der Waals surface area contributed by atoms with Gasteiger partial charge in [-0.2, -0.15) is 0 Å². The van der Waals surface area contributed by atoms with Crippen molar-refractivity contribution < 1.29 is 28.9 Å². The van der Waals surface area contributed by atoms with Gasteiger partial charge in [-0.15, -0.1) is 0 Å². The molecule has 7 heteroatoms. The van der Waals surface area contributed by atoms with Crippen LogP contribution in [0.25, 0.3) is 0 Å². The van der Waals surface area contributed by atoms with Gasteiger partial charge < -0.3 is 24.4 Å². The maximum atomic E-state index is 12.0. The fourth-order valence-electron chi connectivity index (χ4n) is 4.21. The first kappa shape index (κ1) is 26.8. The molecule has 0 bridgehead atoms. The first-order valence-corrected chi connectivity index (χ1v) is 13.0. The van der Waals surface area contributed by atoms with Gasteiger partial charge in [-0.1, -0.05) is 64.0 Å². The Morgan fingerprint density at radius 2 is 1.66 bits per heavy atom. The van der Waals surface area contributed by atoms with E-state index >= 15 is 0 Å². The van der Waals surface area contributed by atoms with Crippen LogP contribution in [-0.4, -0.2) is 54.0 Å². The minimum absolute atomic E-state index is 0.0475. The van der Waals surface area contributed by atoms with Crippen molar-refractivity contribution in [3.63, 3.8) is 0 Å². The predicted molar refractivity (Wildman–Crippen MR) is 117 cm³/mol. The average molecular weight is 435 g/mol. The molecule has 5 atom stereocenters. The minimum atomic E-state index is -2.89. The summed E-state index contributed by atoms with van der Waals surface area (Å²) in [6.07, 6.45) is 12.8. The van der Waals surface area contributed by atoms with E-state index < -0.39 is 25.9 Å². The van der Waals surface area contributed by atoms with E-state index in [1.807, 2.05) is 6.08 Å². The zero-order valence-electron chi connectivity index (χ0n) is 18.5. The van der Waals surface area contributed by atoms with Gasteiger partial charge in [0.1, 0.15) is 0 Å². The fourth-order valence-corrected chi connectivity index (χ4v) is 5.33. The summed E-state index contributed by atoms with van der Waals surface area (Å²) in [5.41, 5.74) is 0. The van der Waals surface area contributed by atoms with Crippen LogP contribution in [0.15, 0.2) is 12.2 Å². The Labute approximate surface area is 177 Å². The zero-order chi connectivity index (χ0) is 21.7. The predicted octanol–water partition coefficient (Wildman–Crippen LogP) is 4.67. The third kappa shape index (κ3) is 10.1. The molecule has 0 aromatic heterocycles. The van der Waals surface area contributed by atoms with Gasteiger partial charge in [-0.25, -0.2) is 0 Å². The standard InChI is InChI=1S/C22H43O6P/c1-4-5-9-12-18(23)14-15-20-19(21(24)17-22(20)25)13-10-7-6-8-11-16-29(26,27-2)28-3/h14-15,18-25H,4-13,16-17H2,1-3H3/b15-14+/t18-,19+,20+,21-,22+/m0/s1. The highest BCUT2D eigenvalue weighted by atomic mass is 31.2. The van der Waals surface area contributed by atoms with Gasteiger partial charge in [0.25, 0.3) is 0 Å². The highest BCUT2D eigenvalue weighted by Crippen LogP contribution is 2.47. The van der Waals surface area contributed by atoms with Crippen LogP contribution in [0.5, 0.6) is 0 Å². The van der Waals surface area contributed by atoms with Crippen molar-refractivity contribution in [2.24, 2.45) is 11.8 Å². The first-order valence-electron chi connectivity index (χ1n) is 11.3. The van der Waals surface area contributed by atoms with Crippen LogP contribution in [0.3, 0.4) is 0 Å². The Kier molecular flexibility index (Phi) is 13.6. The van der Waals surface area contributed by atoms with Crippen molar-refractivity contribution in [3.05, 3.63) is 12.2 Å². The summed E-state index contributed by atoms with van der Waals surface area (Å²) in [5, 5.41) is 30.7. The van der Waals surface area contributed by atoms with Crippen LogP contribution in [0, 0.1) is 11.8 Å². The van der Waals surface area contributed by atoms with E-state index in [4.69, 9.17) is 9.05 Å². The first-order chi connectivity index (χ1) is 13.9. The van der Waals surface area contributed by atoms with Crippen LogP contribution < -0.4 is 0 Å². The van der Waals surface area contributed by atoms with Gasteiger partial charge in [-0.3, -0.25) is 4.57 Å². The van der Waals surface area contributed by atoms with E-state index in [1.54, 1.807) is 6.08 Å². The third-order valence-electron chi connectivity index (χ3n) is 6.10. The summed E-state index contributed by atoms with van der Waals surface area (Å²) in [7, 11) is -0.0567. The largest absolute Gasteiger partial charge is 0.393 e. The fraction of sp³-hybridized carbons (Fsp3) is 0.909. The second-order valence-corrected chi connectivity index (χ2v) is 10.7. The summed E-state index contributed by atoms with van der Waals surface area (Å²) in [6.45, 7) is 2.14. The van der Waals surface area contributed by atoms with E-state index in [-0.39, 0.29) is 11.8 Å². The molecule has 0 radical (unpaired) electrons. The molecule has 0 spiro atoms. The lowest BCUT2D eigenvalue weighted by atomic mass is 9.88. The molecule has 1 saturated carbocycles. The Morgan fingerprint density at radius 3 is 2.31 bits per heavy atom. The summed E-state index contributed by atoms with van der Waals surface area (Å²) >= 11 is 0. The number of hydrogen-bond donors (Lipinski definition) is 3. The SMILES string of the molecule is CCCCC[C@H](O)/C=C/[C@@H]1[C@@H](CCCCCCCP(=O)(OC)OC)[C@@H](O)C[C@H]1O. The Bertz CT molecular complexity index is 490. The number of aliphatic hydroxyl groups excluding tert-OH is 3. The molecule has 1 aliphatic rings. The number of unbranched alkanes of at least 4 members (excludes halogenated alkanes) is 6. The van der Waals surface area contributed by atoms with Crippen LogP contribution in [0.4, 0.5) is 0 Å². The van der Waals surface area contributed by atoms with Crippen molar-refractivity contribution in [1.82, 2.24) is 0 Å². The van der Waals surface area contributed by atoms with E-state index in [0.29, 0.717) is 12.6 Å². The quantitative estimate of drug-likeness (QED) is 0.186. The molecule has 0 aliphatic heterocycles. The molecule has 0 aromatic rings. The van der Waals surface area contributed by atoms with Gasteiger partial charge >= 0.3 is 7.60 Å². The van der Waals surface area contributed by atoms with Gasteiger partial charge in [0.05, 0.1) is 24.5 Å². The molecule has 0 heterocycles. The number of aliphatic hydroxyl groups is 3. The lowest BCUT2D eigenvalue weighted by molar-refractivity contribution is 0.115. The summed E-state index contributed by atoms with van der Waals surface area (Å²) in [4.78, 5) is 0. The van der Waals surface area contributed by atoms with Crippen molar-refractivity contribution in [1.29, 1.82) is 0 Å². The maximum absolute atomic E-state index is 12.0. The maximum Gasteiger partial charge on any atom is 0.330 e. The van der Waals surface area contributed by atoms with Crippen LogP contribution >= 0.6 is 7.60 Å². The van der Waals surface area contributed by atoms with Crippen LogP contribution in [0.2, 0.25) is 0 Å². The topological polar surface area (TPSA) is 96.2 Å². The van der Waals surface area contributed by atoms with Crippen molar-refractivity contribution >= 4 is 7.60 Å². The lowest BCUT2D eigenvalue weighted by Crippen LogP contribution is -2.21. The summed E-state index contributed by atoms with van der Waals surface area (Å²) in [6, 6.07) is 0. The highest BCUT2D eigenvalue weighted by Gasteiger charge is 2.39. The number of hydrogen-bond acceptors (Lipinski definition) is 6. The van der Waals surface area contributed by atoms with Crippen LogP contribution in [0.1, 0.15) is 77.6 Å². The second-order valence-electron chi connectivity index (χ2n) is 8.32. The van der Waals surface area contributed by atoms with E-state index in [0.717, 1.165) is 64.2 Å².